The Morgan fingerprint density at radius 1 is 1.06 bits per heavy atom. The first-order chi connectivity index (χ1) is 14.9. The van der Waals surface area contributed by atoms with E-state index in [1.54, 1.807) is 0 Å². The lowest BCUT2D eigenvalue weighted by atomic mass is 10.0. The third kappa shape index (κ3) is 6.58. The Bertz CT molecular complexity index is 868. The van der Waals surface area contributed by atoms with Crippen molar-refractivity contribution in [3.8, 4) is 5.75 Å². The van der Waals surface area contributed by atoms with Crippen LogP contribution in [0.25, 0.3) is 0 Å². The summed E-state index contributed by atoms with van der Waals surface area (Å²) in [5.74, 6) is 1.46. The molecule has 166 valence electrons. The second-order valence-corrected chi connectivity index (χ2v) is 8.63. The molecule has 31 heavy (non-hydrogen) atoms. The molecule has 0 spiro atoms. The maximum Gasteiger partial charge on any atom is 0.253 e. The summed E-state index contributed by atoms with van der Waals surface area (Å²) in [6.07, 6.45) is 2.72. The summed E-state index contributed by atoms with van der Waals surface area (Å²) >= 11 is 0. The fourth-order valence-electron chi connectivity index (χ4n) is 3.85. The SMILES string of the molecule is Cc1ccccc1OCCCC(=O)NC1CCN(C(=O)c2ccc(C(C)C)cc2)CC1. The molecule has 0 aromatic heterocycles. The zero-order valence-corrected chi connectivity index (χ0v) is 18.9. The van der Waals surface area contributed by atoms with Crippen LogP contribution in [0.2, 0.25) is 0 Å². The molecule has 3 rings (SSSR count). The second kappa shape index (κ2) is 11.0. The largest absolute Gasteiger partial charge is 0.493 e. The quantitative estimate of drug-likeness (QED) is 0.628. The van der Waals surface area contributed by atoms with Crippen molar-refractivity contribution in [1.82, 2.24) is 10.2 Å². The van der Waals surface area contributed by atoms with Crippen molar-refractivity contribution < 1.29 is 14.3 Å². The van der Waals surface area contributed by atoms with Crippen molar-refractivity contribution in [2.24, 2.45) is 0 Å². The number of benzene rings is 2. The molecule has 1 heterocycles. The van der Waals surface area contributed by atoms with Gasteiger partial charge in [0.25, 0.3) is 5.91 Å². The summed E-state index contributed by atoms with van der Waals surface area (Å²) < 4.78 is 5.76. The van der Waals surface area contributed by atoms with E-state index < -0.39 is 0 Å². The number of piperidine rings is 1. The predicted octanol–water partition coefficient (Wildman–Crippen LogP) is 4.70. The van der Waals surface area contributed by atoms with E-state index >= 15 is 0 Å². The van der Waals surface area contributed by atoms with Gasteiger partial charge in [0.1, 0.15) is 5.75 Å². The van der Waals surface area contributed by atoms with E-state index in [9.17, 15) is 9.59 Å². The summed E-state index contributed by atoms with van der Waals surface area (Å²) in [5, 5.41) is 3.12. The number of hydrogen-bond acceptors (Lipinski definition) is 3. The lowest BCUT2D eigenvalue weighted by molar-refractivity contribution is -0.122. The van der Waals surface area contributed by atoms with E-state index in [2.05, 4.69) is 19.2 Å². The number of carbonyl (C=O) groups is 2. The summed E-state index contributed by atoms with van der Waals surface area (Å²) in [7, 11) is 0. The van der Waals surface area contributed by atoms with Crippen molar-refractivity contribution in [2.75, 3.05) is 19.7 Å². The summed E-state index contributed by atoms with van der Waals surface area (Å²) in [5.41, 5.74) is 3.08. The average Bonchev–Trinajstić information content (AvgIpc) is 2.78. The van der Waals surface area contributed by atoms with E-state index in [1.807, 2.05) is 60.4 Å². The zero-order valence-electron chi connectivity index (χ0n) is 18.9. The standard InChI is InChI=1S/C26H34N2O3/c1-19(2)21-10-12-22(13-11-21)26(30)28-16-14-23(15-17-28)27-25(29)9-6-18-31-24-8-5-4-7-20(24)3/h4-5,7-8,10-13,19,23H,6,9,14-18H2,1-3H3,(H,27,29). The second-order valence-electron chi connectivity index (χ2n) is 8.63. The average molecular weight is 423 g/mol. The van der Waals surface area contributed by atoms with Crippen LogP contribution in [0.1, 0.15) is 66.9 Å². The van der Waals surface area contributed by atoms with Crippen LogP contribution in [-0.2, 0) is 4.79 Å². The molecule has 2 amide bonds. The van der Waals surface area contributed by atoms with Gasteiger partial charge >= 0.3 is 0 Å². The molecule has 0 aliphatic carbocycles. The highest BCUT2D eigenvalue weighted by Gasteiger charge is 2.24. The Morgan fingerprint density at radius 2 is 1.74 bits per heavy atom. The Balaban J connectivity index is 1.36. The summed E-state index contributed by atoms with van der Waals surface area (Å²) in [6, 6.07) is 15.9. The molecule has 2 aromatic rings. The molecular formula is C26H34N2O3. The van der Waals surface area contributed by atoms with E-state index in [1.165, 1.54) is 5.56 Å². The summed E-state index contributed by atoms with van der Waals surface area (Å²) in [6.45, 7) is 8.18. The van der Waals surface area contributed by atoms with Crippen LogP contribution in [0.4, 0.5) is 0 Å². The number of nitrogens with one attached hydrogen (secondary N) is 1. The number of amides is 2. The minimum Gasteiger partial charge on any atom is -0.493 e. The first kappa shape index (κ1) is 22.9. The van der Waals surface area contributed by atoms with Crippen molar-refractivity contribution in [1.29, 1.82) is 0 Å². The highest BCUT2D eigenvalue weighted by Crippen LogP contribution is 2.19. The minimum absolute atomic E-state index is 0.0578. The molecule has 1 aliphatic heterocycles. The van der Waals surface area contributed by atoms with E-state index in [0.717, 1.165) is 29.7 Å². The molecule has 1 aliphatic rings. The van der Waals surface area contributed by atoms with Crippen LogP contribution in [-0.4, -0.2) is 42.5 Å². The van der Waals surface area contributed by atoms with Crippen LogP contribution >= 0.6 is 0 Å². The van der Waals surface area contributed by atoms with Crippen LogP contribution in [0.5, 0.6) is 5.75 Å². The topological polar surface area (TPSA) is 58.6 Å². The monoisotopic (exact) mass is 422 g/mol. The van der Waals surface area contributed by atoms with Crippen LogP contribution in [0, 0.1) is 6.92 Å². The third-order valence-corrected chi connectivity index (χ3v) is 5.87. The van der Waals surface area contributed by atoms with E-state index in [0.29, 0.717) is 38.5 Å². The van der Waals surface area contributed by atoms with Gasteiger partial charge in [0.15, 0.2) is 0 Å². The molecule has 0 unspecified atom stereocenters. The number of carbonyl (C=O) groups excluding carboxylic acids is 2. The number of rotatable bonds is 8. The van der Waals surface area contributed by atoms with Gasteiger partial charge in [0, 0.05) is 31.1 Å². The number of likely N-dealkylation sites (tertiary alicyclic amines) is 1. The lowest BCUT2D eigenvalue weighted by Gasteiger charge is -2.32. The molecule has 1 fully saturated rings. The number of ether oxygens (including phenoxy) is 1. The molecular weight excluding hydrogens is 388 g/mol. The maximum atomic E-state index is 12.7. The van der Waals surface area contributed by atoms with E-state index in [4.69, 9.17) is 4.74 Å². The number of para-hydroxylation sites is 1. The molecule has 0 radical (unpaired) electrons. The zero-order chi connectivity index (χ0) is 22.2. The highest BCUT2D eigenvalue weighted by atomic mass is 16.5. The Morgan fingerprint density at radius 3 is 2.39 bits per heavy atom. The Labute approximate surface area is 185 Å². The lowest BCUT2D eigenvalue weighted by Crippen LogP contribution is -2.46. The van der Waals surface area contributed by atoms with Crippen LogP contribution < -0.4 is 10.1 Å². The fourth-order valence-corrected chi connectivity index (χ4v) is 3.85. The number of nitrogens with zero attached hydrogens (tertiary/aromatic N) is 1. The first-order valence-electron chi connectivity index (χ1n) is 11.3. The van der Waals surface area contributed by atoms with Crippen molar-refractivity contribution >= 4 is 11.8 Å². The maximum absolute atomic E-state index is 12.7. The van der Waals surface area contributed by atoms with Gasteiger partial charge in [0.2, 0.25) is 5.91 Å². The Hall–Kier alpha value is -2.82. The normalized spacial score (nSPS) is 14.5. The number of hydrogen-bond donors (Lipinski definition) is 1. The van der Waals surface area contributed by atoms with Gasteiger partial charge in [-0.3, -0.25) is 9.59 Å². The van der Waals surface area contributed by atoms with Crippen LogP contribution in [0.3, 0.4) is 0 Å². The molecule has 5 heteroatoms. The molecule has 0 saturated carbocycles. The minimum atomic E-state index is 0.0578. The molecule has 1 N–H and O–H groups in total. The van der Waals surface area contributed by atoms with Crippen LogP contribution in [0.15, 0.2) is 48.5 Å². The first-order valence-corrected chi connectivity index (χ1v) is 11.3. The molecule has 2 aromatic carbocycles. The molecule has 5 nitrogen and oxygen atoms in total. The van der Waals surface area contributed by atoms with Gasteiger partial charge < -0.3 is 15.0 Å². The van der Waals surface area contributed by atoms with Gasteiger partial charge in [-0.15, -0.1) is 0 Å². The van der Waals surface area contributed by atoms with Crippen molar-refractivity contribution in [3.63, 3.8) is 0 Å². The Kier molecular flexibility index (Phi) is 8.10. The van der Waals surface area contributed by atoms with Gasteiger partial charge in [-0.2, -0.15) is 0 Å². The predicted molar refractivity (Wildman–Crippen MR) is 124 cm³/mol. The van der Waals surface area contributed by atoms with Crippen molar-refractivity contribution in [3.05, 3.63) is 65.2 Å². The smallest absolute Gasteiger partial charge is 0.253 e. The van der Waals surface area contributed by atoms with E-state index in [-0.39, 0.29) is 17.9 Å². The fraction of sp³-hybridized carbons (Fsp3) is 0.462. The molecule has 0 atom stereocenters. The number of aryl methyl sites for hydroxylation is 1. The van der Waals surface area contributed by atoms with Gasteiger partial charge in [-0.05, 0) is 61.4 Å². The molecule has 0 bridgehead atoms. The van der Waals surface area contributed by atoms with Gasteiger partial charge in [0.05, 0.1) is 6.61 Å². The third-order valence-electron chi connectivity index (χ3n) is 5.87. The highest BCUT2D eigenvalue weighted by molar-refractivity contribution is 5.94. The van der Waals surface area contributed by atoms with Gasteiger partial charge in [-0.1, -0.05) is 44.2 Å². The summed E-state index contributed by atoms with van der Waals surface area (Å²) in [4.78, 5) is 26.9. The van der Waals surface area contributed by atoms with Crippen molar-refractivity contribution in [2.45, 2.75) is 58.4 Å². The van der Waals surface area contributed by atoms with Gasteiger partial charge in [-0.25, -0.2) is 0 Å². The molecule has 1 saturated heterocycles.